The van der Waals surface area contributed by atoms with Crippen LogP contribution in [0.5, 0.6) is 5.88 Å². The predicted octanol–water partition coefficient (Wildman–Crippen LogP) is 1.34. The zero-order valence-electron chi connectivity index (χ0n) is 11.9. The maximum atomic E-state index is 11.5. The molecule has 0 radical (unpaired) electrons. The normalized spacial score (nSPS) is 10.5. The number of nitrogens with zero attached hydrogens (tertiary/aromatic N) is 1. The molecule has 0 aliphatic heterocycles. The summed E-state index contributed by atoms with van der Waals surface area (Å²) in [5.41, 5.74) is 0.905. The molecule has 0 bridgehead atoms. The van der Waals surface area contributed by atoms with E-state index in [0.717, 1.165) is 12.2 Å². The van der Waals surface area contributed by atoms with E-state index in [1.54, 1.807) is 7.11 Å². The van der Waals surface area contributed by atoms with Gasteiger partial charge in [-0.15, -0.1) is 0 Å². The molecule has 0 spiro atoms. The Kier molecular flexibility index (Phi) is 6.89. The van der Waals surface area contributed by atoms with Gasteiger partial charge in [0.25, 0.3) is 0 Å². The average Bonchev–Trinajstić information content (AvgIpc) is 2.41. The summed E-state index contributed by atoms with van der Waals surface area (Å²) in [5, 5.41) is 6.08. The molecule has 1 rings (SSSR count). The van der Waals surface area contributed by atoms with Crippen molar-refractivity contribution in [3.8, 4) is 5.88 Å². The van der Waals surface area contributed by atoms with E-state index < -0.39 is 0 Å². The average molecular weight is 265 g/mol. The summed E-state index contributed by atoms with van der Waals surface area (Å²) in [4.78, 5) is 15.8. The molecule has 5 heteroatoms. The lowest BCUT2D eigenvalue weighted by molar-refractivity contribution is -0.121. The quantitative estimate of drug-likeness (QED) is 0.696. The fourth-order valence-electron chi connectivity index (χ4n) is 1.49. The van der Waals surface area contributed by atoms with Crippen LogP contribution in [0.2, 0.25) is 0 Å². The second kappa shape index (κ2) is 8.48. The summed E-state index contributed by atoms with van der Waals surface area (Å²) in [6, 6.07) is 5.63. The van der Waals surface area contributed by atoms with E-state index >= 15 is 0 Å². The third-order valence-electron chi connectivity index (χ3n) is 2.53. The van der Waals surface area contributed by atoms with Crippen molar-refractivity contribution in [1.29, 1.82) is 0 Å². The first-order chi connectivity index (χ1) is 9.11. The standard InChI is InChI=1S/C14H23N3O2/c1-11(2)9-16-13(18)7-8-15-10-12-5-4-6-14(17-12)19-3/h4-6,11,15H,7-10H2,1-3H3,(H,16,18). The first-order valence-electron chi connectivity index (χ1n) is 6.59. The van der Waals surface area contributed by atoms with E-state index in [1.165, 1.54) is 0 Å². The number of aromatic nitrogens is 1. The summed E-state index contributed by atoms with van der Waals surface area (Å²) in [6.45, 7) is 6.16. The number of hydrogen-bond donors (Lipinski definition) is 2. The lowest BCUT2D eigenvalue weighted by Gasteiger charge is -2.08. The molecule has 0 aliphatic rings. The molecule has 1 aromatic rings. The number of rotatable bonds is 8. The van der Waals surface area contributed by atoms with E-state index in [2.05, 4.69) is 29.5 Å². The van der Waals surface area contributed by atoms with E-state index in [4.69, 9.17) is 4.74 Å². The second-order valence-electron chi connectivity index (χ2n) is 4.80. The summed E-state index contributed by atoms with van der Waals surface area (Å²) in [6.07, 6.45) is 0.483. The van der Waals surface area contributed by atoms with Crippen LogP contribution in [0.15, 0.2) is 18.2 Å². The van der Waals surface area contributed by atoms with Gasteiger partial charge in [-0.2, -0.15) is 0 Å². The van der Waals surface area contributed by atoms with Gasteiger partial charge in [0, 0.05) is 32.1 Å². The second-order valence-corrected chi connectivity index (χ2v) is 4.80. The topological polar surface area (TPSA) is 63.2 Å². The highest BCUT2D eigenvalue weighted by Gasteiger charge is 2.02. The van der Waals surface area contributed by atoms with Crippen LogP contribution >= 0.6 is 0 Å². The number of methoxy groups -OCH3 is 1. The molecule has 0 saturated carbocycles. The molecule has 1 aromatic heterocycles. The minimum atomic E-state index is 0.0831. The van der Waals surface area contributed by atoms with Crippen LogP contribution in [0.4, 0.5) is 0 Å². The Morgan fingerprint density at radius 2 is 2.21 bits per heavy atom. The molecule has 1 heterocycles. The molecule has 19 heavy (non-hydrogen) atoms. The number of carbonyl (C=O) groups is 1. The largest absolute Gasteiger partial charge is 0.481 e. The Labute approximate surface area is 114 Å². The Hall–Kier alpha value is -1.62. The van der Waals surface area contributed by atoms with Gasteiger partial charge >= 0.3 is 0 Å². The summed E-state index contributed by atoms with van der Waals surface area (Å²) >= 11 is 0. The smallest absolute Gasteiger partial charge is 0.221 e. The number of hydrogen-bond acceptors (Lipinski definition) is 4. The molecule has 0 unspecified atom stereocenters. The van der Waals surface area contributed by atoms with Gasteiger partial charge in [0.1, 0.15) is 0 Å². The number of pyridine rings is 1. The third kappa shape index (κ3) is 6.76. The molecule has 0 atom stereocenters. The van der Waals surface area contributed by atoms with Crippen molar-refractivity contribution in [1.82, 2.24) is 15.6 Å². The minimum Gasteiger partial charge on any atom is -0.481 e. The first-order valence-corrected chi connectivity index (χ1v) is 6.59. The monoisotopic (exact) mass is 265 g/mol. The van der Waals surface area contributed by atoms with E-state index in [0.29, 0.717) is 31.3 Å². The summed E-state index contributed by atoms with van der Waals surface area (Å²) in [7, 11) is 1.60. The first kappa shape index (κ1) is 15.4. The summed E-state index contributed by atoms with van der Waals surface area (Å²) in [5.74, 6) is 1.17. The maximum Gasteiger partial charge on any atom is 0.221 e. The van der Waals surface area contributed by atoms with Gasteiger partial charge in [0.15, 0.2) is 0 Å². The van der Waals surface area contributed by atoms with Crippen molar-refractivity contribution < 1.29 is 9.53 Å². The van der Waals surface area contributed by atoms with Gasteiger partial charge in [-0.05, 0) is 12.0 Å². The van der Waals surface area contributed by atoms with Crippen LogP contribution in [0.1, 0.15) is 26.0 Å². The Morgan fingerprint density at radius 1 is 1.42 bits per heavy atom. The van der Waals surface area contributed by atoms with Gasteiger partial charge in [-0.3, -0.25) is 4.79 Å². The highest BCUT2D eigenvalue weighted by atomic mass is 16.5. The fourth-order valence-corrected chi connectivity index (χ4v) is 1.49. The van der Waals surface area contributed by atoms with Crippen molar-refractivity contribution in [2.24, 2.45) is 5.92 Å². The lowest BCUT2D eigenvalue weighted by Crippen LogP contribution is -2.30. The van der Waals surface area contributed by atoms with Crippen LogP contribution in [0.25, 0.3) is 0 Å². The molecule has 2 N–H and O–H groups in total. The van der Waals surface area contributed by atoms with Gasteiger partial charge in [0.05, 0.1) is 12.8 Å². The highest BCUT2D eigenvalue weighted by Crippen LogP contribution is 2.05. The van der Waals surface area contributed by atoms with Crippen LogP contribution < -0.4 is 15.4 Å². The number of nitrogens with one attached hydrogen (secondary N) is 2. The van der Waals surface area contributed by atoms with Crippen LogP contribution in [0.3, 0.4) is 0 Å². The molecular formula is C14H23N3O2. The number of amides is 1. The molecule has 106 valence electrons. The maximum absolute atomic E-state index is 11.5. The minimum absolute atomic E-state index is 0.0831. The SMILES string of the molecule is COc1cccc(CNCCC(=O)NCC(C)C)n1. The molecule has 0 aliphatic carbocycles. The molecule has 1 amide bonds. The van der Waals surface area contributed by atoms with Crippen LogP contribution in [-0.4, -0.2) is 31.1 Å². The van der Waals surface area contributed by atoms with Crippen molar-refractivity contribution in [2.45, 2.75) is 26.8 Å². The zero-order chi connectivity index (χ0) is 14.1. The molecule has 0 aromatic carbocycles. The molecule has 0 fully saturated rings. The van der Waals surface area contributed by atoms with Crippen molar-refractivity contribution in [3.63, 3.8) is 0 Å². The molecule has 0 saturated heterocycles. The van der Waals surface area contributed by atoms with Gasteiger partial charge in [-0.25, -0.2) is 4.98 Å². The zero-order valence-corrected chi connectivity index (χ0v) is 11.9. The van der Waals surface area contributed by atoms with E-state index in [-0.39, 0.29) is 5.91 Å². The highest BCUT2D eigenvalue weighted by molar-refractivity contribution is 5.76. The summed E-state index contributed by atoms with van der Waals surface area (Å²) < 4.78 is 5.05. The number of ether oxygens (including phenoxy) is 1. The lowest BCUT2D eigenvalue weighted by atomic mass is 10.2. The molecular weight excluding hydrogens is 242 g/mol. The van der Waals surface area contributed by atoms with Crippen LogP contribution in [-0.2, 0) is 11.3 Å². The van der Waals surface area contributed by atoms with Crippen molar-refractivity contribution in [3.05, 3.63) is 23.9 Å². The predicted molar refractivity (Wildman–Crippen MR) is 75.0 cm³/mol. The van der Waals surface area contributed by atoms with Gasteiger partial charge in [-0.1, -0.05) is 19.9 Å². The third-order valence-corrected chi connectivity index (χ3v) is 2.53. The number of carbonyl (C=O) groups excluding carboxylic acids is 1. The Bertz CT molecular complexity index is 394. The molecule has 5 nitrogen and oxygen atoms in total. The van der Waals surface area contributed by atoms with Gasteiger partial charge < -0.3 is 15.4 Å². The van der Waals surface area contributed by atoms with Crippen LogP contribution in [0, 0.1) is 5.92 Å². The van der Waals surface area contributed by atoms with Crippen molar-refractivity contribution >= 4 is 5.91 Å². The Morgan fingerprint density at radius 3 is 2.89 bits per heavy atom. The van der Waals surface area contributed by atoms with E-state index in [9.17, 15) is 4.79 Å². The van der Waals surface area contributed by atoms with E-state index in [1.807, 2.05) is 18.2 Å². The van der Waals surface area contributed by atoms with Gasteiger partial charge in [0.2, 0.25) is 11.8 Å². The van der Waals surface area contributed by atoms with Crippen molar-refractivity contribution in [2.75, 3.05) is 20.2 Å². The Balaban J connectivity index is 2.18. The fraction of sp³-hybridized carbons (Fsp3) is 0.571.